The molecule has 0 aliphatic carbocycles. The van der Waals surface area contributed by atoms with Gasteiger partial charge in [-0.15, -0.1) is 0 Å². The van der Waals surface area contributed by atoms with Crippen molar-refractivity contribution in [3.8, 4) is 0 Å². The molecule has 1 aliphatic rings. The quantitative estimate of drug-likeness (QED) is 0.506. The Labute approximate surface area is 116 Å². The first-order chi connectivity index (χ1) is 9.35. The largest absolute Gasteiger partial charge is 0.463 e. The molecular formula is C12H18O8. The van der Waals surface area contributed by atoms with Gasteiger partial charge < -0.3 is 23.7 Å². The third-order valence-corrected chi connectivity index (χ3v) is 2.55. The Bertz CT molecular complexity index is 380. The number of rotatable bonds is 5. The lowest BCUT2D eigenvalue weighted by molar-refractivity contribution is -0.181. The summed E-state index contributed by atoms with van der Waals surface area (Å²) in [7, 11) is 1.36. The summed E-state index contributed by atoms with van der Waals surface area (Å²) in [5.41, 5.74) is 0. The highest BCUT2D eigenvalue weighted by molar-refractivity contribution is 5.67. The van der Waals surface area contributed by atoms with Crippen LogP contribution in [-0.2, 0) is 38.1 Å². The molecule has 0 N–H and O–H groups in total. The van der Waals surface area contributed by atoms with Crippen molar-refractivity contribution < 1.29 is 38.1 Å². The molecule has 8 nitrogen and oxygen atoms in total. The van der Waals surface area contributed by atoms with Crippen LogP contribution in [0, 0.1) is 0 Å². The summed E-state index contributed by atoms with van der Waals surface area (Å²) in [5, 5.41) is 0. The Morgan fingerprint density at radius 1 is 0.950 bits per heavy atom. The first kappa shape index (κ1) is 16.4. The molecule has 1 fully saturated rings. The fraction of sp³-hybridized carbons (Fsp3) is 0.750. The molecule has 0 radical (unpaired) electrons. The second-order valence-corrected chi connectivity index (χ2v) is 4.23. The van der Waals surface area contributed by atoms with E-state index in [4.69, 9.17) is 23.7 Å². The molecule has 0 saturated carbocycles. The molecule has 0 spiro atoms. The van der Waals surface area contributed by atoms with Crippen molar-refractivity contribution in [2.45, 2.75) is 45.4 Å². The minimum Gasteiger partial charge on any atom is -0.463 e. The molecule has 0 amide bonds. The number of esters is 3. The van der Waals surface area contributed by atoms with Crippen LogP contribution in [0.15, 0.2) is 0 Å². The van der Waals surface area contributed by atoms with E-state index in [1.807, 2.05) is 0 Å². The van der Waals surface area contributed by atoms with Crippen molar-refractivity contribution in [3.63, 3.8) is 0 Å². The second-order valence-electron chi connectivity index (χ2n) is 4.23. The minimum absolute atomic E-state index is 0.134. The van der Waals surface area contributed by atoms with Gasteiger partial charge in [-0.2, -0.15) is 0 Å². The molecule has 1 saturated heterocycles. The van der Waals surface area contributed by atoms with E-state index in [-0.39, 0.29) is 6.61 Å². The lowest BCUT2D eigenvalue weighted by Gasteiger charge is -2.22. The Morgan fingerprint density at radius 3 is 1.95 bits per heavy atom. The van der Waals surface area contributed by atoms with Gasteiger partial charge in [-0.3, -0.25) is 14.4 Å². The van der Waals surface area contributed by atoms with Gasteiger partial charge >= 0.3 is 17.9 Å². The van der Waals surface area contributed by atoms with Crippen molar-refractivity contribution in [3.05, 3.63) is 0 Å². The molecule has 0 aromatic rings. The van der Waals surface area contributed by atoms with Crippen molar-refractivity contribution >= 4 is 17.9 Å². The van der Waals surface area contributed by atoms with Crippen molar-refractivity contribution in [1.82, 2.24) is 0 Å². The van der Waals surface area contributed by atoms with E-state index in [2.05, 4.69) is 0 Å². The molecular weight excluding hydrogens is 272 g/mol. The smallest absolute Gasteiger partial charge is 0.303 e. The van der Waals surface area contributed by atoms with Gasteiger partial charge in [0, 0.05) is 27.9 Å². The van der Waals surface area contributed by atoms with Crippen LogP contribution < -0.4 is 0 Å². The van der Waals surface area contributed by atoms with E-state index in [1.165, 1.54) is 27.9 Å². The van der Waals surface area contributed by atoms with Gasteiger partial charge in [-0.25, -0.2) is 0 Å². The first-order valence-electron chi connectivity index (χ1n) is 6.01. The third kappa shape index (κ3) is 4.46. The number of carbonyl (C=O) groups excluding carboxylic acids is 3. The predicted octanol–water partition coefficient (Wildman–Crippen LogP) is -0.216. The molecule has 8 heteroatoms. The maximum Gasteiger partial charge on any atom is 0.303 e. The van der Waals surface area contributed by atoms with E-state index in [1.54, 1.807) is 0 Å². The number of hydrogen-bond acceptors (Lipinski definition) is 8. The summed E-state index contributed by atoms with van der Waals surface area (Å²) >= 11 is 0. The minimum atomic E-state index is -0.915. The highest BCUT2D eigenvalue weighted by atomic mass is 16.7. The van der Waals surface area contributed by atoms with Gasteiger partial charge in [-0.05, 0) is 0 Å². The van der Waals surface area contributed by atoms with Crippen LogP contribution in [0.3, 0.4) is 0 Å². The zero-order chi connectivity index (χ0) is 15.3. The molecule has 20 heavy (non-hydrogen) atoms. The van der Waals surface area contributed by atoms with Crippen LogP contribution in [0.25, 0.3) is 0 Å². The molecule has 1 unspecified atom stereocenters. The maximum atomic E-state index is 11.1. The molecule has 0 aromatic carbocycles. The number of methoxy groups -OCH3 is 1. The van der Waals surface area contributed by atoms with Crippen molar-refractivity contribution in [2.75, 3.05) is 13.7 Å². The highest BCUT2D eigenvalue weighted by Gasteiger charge is 2.49. The molecule has 4 atom stereocenters. The lowest BCUT2D eigenvalue weighted by Crippen LogP contribution is -2.41. The first-order valence-corrected chi connectivity index (χ1v) is 6.01. The Balaban J connectivity index is 2.84. The maximum absolute atomic E-state index is 11.1. The predicted molar refractivity (Wildman–Crippen MR) is 63.4 cm³/mol. The molecule has 0 aromatic heterocycles. The van der Waals surface area contributed by atoms with Gasteiger partial charge in [0.1, 0.15) is 12.7 Å². The molecule has 1 rings (SSSR count). The van der Waals surface area contributed by atoms with Gasteiger partial charge in [0.25, 0.3) is 0 Å². The third-order valence-electron chi connectivity index (χ3n) is 2.55. The van der Waals surface area contributed by atoms with E-state index >= 15 is 0 Å². The van der Waals surface area contributed by atoms with Crippen molar-refractivity contribution in [1.29, 1.82) is 0 Å². The number of carbonyl (C=O) groups is 3. The normalized spacial score (nSPS) is 28.8. The van der Waals surface area contributed by atoms with Crippen LogP contribution in [0.1, 0.15) is 20.8 Å². The van der Waals surface area contributed by atoms with Crippen LogP contribution in [0.2, 0.25) is 0 Å². The fourth-order valence-corrected chi connectivity index (χ4v) is 1.87. The zero-order valence-corrected chi connectivity index (χ0v) is 11.8. The molecule has 1 aliphatic heterocycles. The standard InChI is InChI=1S/C12H18O8/c1-6(13)17-5-9-10(18-7(2)14)11(19-8(3)15)12(16-4)20-9/h9-12H,5H2,1-4H3/t9-,10-,11-,12?/m1/s1. The van der Waals surface area contributed by atoms with Crippen LogP contribution >= 0.6 is 0 Å². The van der Waals surface area contributed by atoms with E-state index in [0.717, 1.165) is 0 Å². The summed E-state index contributed by atoms with van der Waals surface area (Å²) in [6.07, 6.45) is -3.48. The zero-order valence-electron chi connectivity index (χ0n) is 11.8. The van der Waals surface area contributed by atoms with E-state index in [9.17, 15) is 14.4 Å². The fourth-order valence-electron chi connectivity index (χ4n) is 1.87. The monoisotopic (exact) mass is 290 g/mol. The van der Waals surface area contributed by atoms with Crippen molar-refractivity contribution in [2.24, 2.45) is 0 Å². The Morgan fingerprint density at radius 2 is 1.50 bits per heavy atom. The summed E-state index contributed by atoms with van der Waals surface area (Å²) in [5.74, 6) is -1.63. The highest BCUT2D eigenvalue weighted by Crippen LogP contribution is 2.27. The van der Waals surface area contributed by atoms with Gasteiger partial charge in [-0.1, -0.05) is 0 Å². The second kappa shape index (κ2) is 7.20. The Kier molecular flexibility index (Phi) is 5.90. The van der Waals surface area contributed by atoms with E-state index in [0.29, 0.717) is 0 Å². The number of ether oxygens (including phenoxy) is 5. The molecule has 0 bridgehead atoms. The SMILES string of the molecule is COC1O[C@H](COC(C)=O)[C@@H](OC(C)=O)[C@H]1OC(C)=O. The van der Waals surface area contributed by atoms with Gasteiger partial charge in [0.15, 0.2) is 18.5 Å². The van der Waals surface area contributed by atoms with Gasteiger partial charge in [0.2, 0.25) is 0 Å². The van der Waals surface area contributed by atoms with E-state index < -0.39 is 42.5 Å². The number of hydrogen-bond donors (Lipinski definition) is 0. The summed E-state index contributed by atoms with van der Waals surface area (Å²) in [6.45, 7) is 3.54. The average molecular weight is 290 g/mol. The van der Waals surface area contributed by atoms with Crippen LogP contribution in [0.4, 0.5) is 0 Å². The van der Waals surface area contributed by atoms with Crippen LogP contribution in [-0.4, -0.2) is 56.2 Å². The summed E-state index contributed by atoms with van der Waals surface area (Å²) in [6, 6.07) is 0. The summed E-state index contributed by atoms with van der Waals surface area (Å²) in [4.78, 5) is 33.1. The lowest BCUT2D eigenvalue weighted by atomic mass is 10.1. The van der Waals surface area contributed by atoms with Crippen LogP contribution in [0.5, 0.6) is 0 Å². The topological polar surface area (TPSA) is 97.4 Å². The van der Waals surface area contributed by atoms with Gasteiger partial charge in [0.05, 0.1) is 0 Å². The molecule has 114 valence electrons. The summed E-state index contributed by atoms with van der Waals surface area (Å²) < 4.78 is 25.5. The average Bonchev–Trinajstić information content (AvgIpc) is 2.63. The Hall–Kier alpha value is -1.67. The molecule has 1 heterocycles.